The van der Waals surface area contributed by atoms with Gasteiger partial charge in [-0.25, -0.2) is 0 Å². The molecule has 2 aromatic rings. The van der Waals surface area contributed by atoms with Crippen LogP contribution in [-0.4, -0.2) is 20.8 Å². The predicted octanol–water partition coefficient (Wildman–Crippen LogP) is 2.91. The Morgan fingerprint density at radius 2 is 2.10 bits per heavy atom. The van der Waals surface area contributed by atoms with Gasteiger partial charge in [0.15, 0.2) is 5.01 Å². The number of hydrogen-bond acceptors (Lipinski definition) is 5. The number of pyridine rings is 1. The molecule has 1 atom stereocenters. The van der Waals surface area contributed by atoms with Crippen LogP contribution in [0.4, 0.5) is 5.13 Å². The van der Waals surface area contributed by atoms with E-state index in [2.05, 4.69) is 29.4 Å². The lowest BCUT2D eigenvalue weighted by Gasteiger charge is -2.08. The molecule has 0 amide bonds. The second-order valence-corrected chi connectivity index (χ2v) is 5.78. The van der Waals surface area contributed by atoms with E-state index in [1.54, 1.807) is 4.57 Å². The summed E-state index contributed by atoms with van der Waals surface area (Å²) in [5, 5.41) is 12.9. The fourth-order valence-corrected chi connectivity index (χ4v) is 2.80. The molecule has 2 rings (SSSR count). The van der Waals surface area contributed by atoms with Gasteiger partial charge in [-0.2, -0.15) is 0 Å². The van der Waals surface area contributed by atoms with Crippen molar-refractivity contribution in [3.05, 3.63) is 28.2 Å². The molecule has 0 aliphatic carbocycles. The highest BCUT2D eigenvalue weighted by molar-refractivity contribution is 7.18. The van der Waals surface area contributed by atoms with Gasteiger partial charge in [0.1, 0.15) is 0 Å². The summed E-state index contributed by atoms with van der Waals surface area (Å²) in [5.41, 5.74) is 1.58. The quantitative estimate of drug-likeness (QED) is 0.920. The Morgan fingerprint density at radius 1 is 1.35 bits per heavy atom. The van der Waals surface area contributed by atoms with E-state index in [9.17, 15) is 4.79 Å². The zero-order chi connectivity index (χ0) is 14.7. The highest BCUT2D eigenvalue weighted by atomic mass is 32.1. The summed E-state index contributed by atoms with van der Waals surface area (Å²) in [6.45, 7) is 8.77. The van der Waals surface area contributed by atoms with Gasteiger partial charge in [-0.1, -0.05) is 18.3 Å². The average molecular weight is 292 g/mol. The van der Waals surface area contributed by atoms with E-state index in [4.69, 9.17) is 0 Å². The maximum absolute atomic E-state index is 12.4. The van der Waals surface area contributed by atoms with Gasteiger partial charge in [0.05, 0.1) is 5.56 Å². The summed E-state index contributed by atoms with van der Waals surface area (Å²) in [6, 6.07) is 4.13. The Balaban J connectivity index is 2.36. The first-order valence-corrected chi connectivity index (χ1v) is 7.69. The van der Waals surface area contributed by atoms with Crippen LogP contribution in [0.25, 0.3) is 10.6 Å². The minimum absolute atomic E-state index is 0.00117. The van der Waals surface area contributed by atoms with Crippen LogP contribution in [0.2, 0.25) is 0 Å². The molecule has 0 saturated heterocycles. The minimum Gasteiger partial charge on any atom is -0.358 e. The summed E-state index contributed by atoms with van der Waals surface area (Å²) < 4.78 is 1.75. The van der Waals surface area contributed by atoms with Crippen molar-refractivity contribution in [2.24, 2.45) is 0 Å². The van der Waals surface area contributed by atoms with Gasteiger partial charge in [0, 0.05) is 18.3 Å². The van der Waals surface area contributed by atoms with Crippen LogP contribution in [0.1, 0.15) is 32.9 Å². The van der Waals surface area contributed by atoms with Gasteiger partial charge < -0.3 is 9.88 Å². The van der Waals surface area contributed by atoms with Crippen LogP contribution in [0.3, 0.4) is 0 Å². The van der Waals surface area contributed by atoms with Crippen molar-refractivity contribution in [1.29, 1.82) is 0 Å². The summed E-state index contributed by atoms with van der Waals surface area (Å²) in [6.07, 6.45) is 1.02. The van der Waals surface area contributed by atoms with Crippen molar-refractivity contribution in [2.75, 3.05) is 5.32 Å². The Hall–Kier alpha value is -1.69. The first-order valence-electron chi connectivity index (χ1n) is 6.87. The Bertz CT molecular complexity index is 647. The number of nitrogens with zero attached hydrogens (tertiary/aromatic N) is 3. The highest BCUT2D eigenvalue weighted by Crippen LogP contribution is 2.24. The molecule has 6 heteroatoms. The SMILES string of the molecule is CCC(C)Nc1nnc(-c2ccc(C)n(CC)c2=O)s1. The van der Waals surface area contributed by atoms with Crippen molar-refractivity contribution < 1.29 is 0 Å². The molecule has 0 fully saturated rings. The van der Waals surface area contributed by atoms with E-state index in [0.29, 0.717) is 23.2 Å². The third kappa shape index (κ3) is 2.90. The maximum atomic E-state index is 12.4. The zero-order valence-corrected chi connectivity index (χ0v) is 13.1. The number of hydrogen-bond donors (Lipinski definition) is 1. The standard InChI is InChI=1S/C14H20N4OS/c1-5-9(3)15-14-17-16-12(20-14)11-8-7-10(4)18(6-2)13(11)19/h7-9H,5-6H2,1-4H3,(H,15,17). The molecule has 2 aromatic heterocycles. The number of aromatic nitrogens is 3. The molecule has 0 aromatic carbocycles. The Labute approximate surface area is 122 Å². The molecule has 1 N–H and O–H groups in total. The Kier molecular flexibility index (Phi) is 4.54. The minimum atomic E-state index is -0.00117. The molecule has 0 aliphatic rings. The molecule has 0 radical (unpaired) electrons. The van der Waals surface area contributed by atoms with E-state index in [1.165, 1.54) is 11.3 Å². The number of nitrogens with one attached hydrogen (secondary N) is 1. The lowest BCUT2D eigenvalue weighted by Crippen LogP contribution is -2.22. The van der Waals surface area contributed by atoms with Gasteiger partial charge in [0.25, 0.3) is 5.56 Å². The first-order chi connectivity index (χ1) is 9.56. The van der Waals surface area contributed by atoms with E-state index in [-0.39, 0.29) is 5.56 Å². The fraction of sp³-hybridized carbons (Fsp3) is 0.500. The van der Waals surface area contributed by atoms with Gasteiger partial charge in [-0.15, -0.1) is 10.2 Å². The second kappa shape index (κ2) is 6.17. The van der Waals surface area contributed by atoms with Gasteiger partial charge >= 0.3 is 0 Å². The van der Waals surface area contributed by atoms with E-state index < -0.39 is 0 Å². The number of aryl methyl sites for hydroxylation is 1. The van der Waals surface area contributed by atoms with Crippen LogP contribution in [0, 0.1) is 6.92 Å². The molecule has 1 unspecified atom stereocenters. The molecule has 0 aliphatic heterocycles. The normalized spacial score (nSPS) is 12.4. The third-order valence-corrected chi connectivity index (χ3v) is 4.23. The first kappa shape index (κ1) is 14.7. The van der Waals surface area contributed by atoms with Crippen LogP contribution >= 0.6 is 11.3 Å². The van der Waals surface area contributed by atoms with Crippen molar-refractivity contribution in [2.45, 2.75) is 46.7 Å². The number of rotatable bonds is 5. The van der Waals surface area contributed by atoms with Crippen molar-refractivity contribution >= 4 is 16.5 Å². The molecule has 2 heterocycles. The van der Waals surface area contributed by atoms with Crippen LogP contribution in [-0.2, 0) is 6.54 Å². The van der Waals surface area contributed by atoms with Gasteiger partial charge in [-0.3, -0.25) is 4.79 Å². The smallest absolute Gasteiger partial charge is 0.261 e. The summed E-state index contributed by atoms with van der Waals surface area (Å²) in [5.74, 6) is 0. The predicted molar refractivity (Wildman–Crippen MR) is 83.4 cm³/mol. The maximum Gasteiger partial charge on any atom is 0.261 e. The monoisotopic (exact) mass is 292 g/mol. The summed E-state index contributed by atoms with van der Waals surface area (Å²) in [4.78, 5) is 12.4. The molecule has 0 saturated carbocycles. The lowest BCUT2D eigenvalue weighted by atomic mass is 10.2. The largest absolute Gasteiger partial charge is 0.358 e. The lowest BCUT2D eigenvalue weighted by molar-refractivity contribution is 0.702. The van der Waals surface area contributed by atoms with E-state index in [1.807, 2.05) is 26.0 Å². The van der Waals surface area contributed by atoms with Gasteiger partial charge in [-0.05, 0) is 39.3 Å². The topological polar surface area (TPSA) is 59.8 Å². The number of anilines is 1. The molecule has 108 valence electrons. The summed E-state index contributed by atoms with van der Waals surface area (Å²) in [7, 11) is 0. The van der Waals surface area contributed by atoms with E-state index >= 15 is 0 Å². The van der Waals surface area contributed by atoms with Gasteiger partial charge in [0.2, 0.25) is 5.13 Å². The van der Waals surface area contributed by atoms with E-state index in [0.717, 1.165) is 17.2 Å². The second-order valence-electron chi connectivity index (χ2n) is 4.80. The molecular formula is C14H20N4OS. The average Bonchev–Trinajstić information content (AvgIpc) is 2.87. The molecule has 20 heavy (non-hydrogen) atoms. The molecule has 5 nitrogen and oxygen atoms in total. The van der Waals surface area contributed by atoms with Crippen LogP contribution < -0.4 is 10.9 Å². The molecular weight excluding hydrogens is 272 g/mol. The van der Waals surface area contributed by atoms with Crippen molar-refractivity contribution in [3.8, 4) is 10.6 Å². The van der Waals surface area contributed by atoms with Crippen molar-refractivity contribution in [1.82, 2.24) is 14.8 Å². The van der Waals surface area contributed by atoms with Crippen LogP contribution in [0.5, 0.6) is 0 Å². The van der Waals surface area contributed by atoms with Crippen molar-refractivity contribution in [3.63, 3.8) is 0 Å². The zero-order valence-electron chi connectivity index (χ0n) is 12.3. The van der Waals surface area contributed by atoms with Crippen LogP contribution in [0.15, 0.2) is 16.9 Å². The third-order valence-electron chi connectivity index (χ3n) is 3.35. The summed E-state index contributed by atoms with van der Waals surface area (Å²) >= 11 is 1.42. The molecule has 0 bridgehead atoms. The Morgan fingerprint density at radius 3 is 2.75 bits per heavy atom. The molecule has 0 spiro atoms. The fourth-order valence-electron chi connectivity index (χ4n) is 1.93. The highest BCUT2D eigenvalue weighted by Gasteiger charge is 2.13.